The van der Waals surface area contributed by atoms with Crippen LogP contribution in [0.2, 0.25) is 0 Å². The first-order valence-electron chi connectivity index (χ1n) is 5.08. The van der Waals surface area contributed by atoms with Crippen molar-refractivity contribution in [3.05, 3.63) is 12.0 Å². The summed E-state index contributed by atoms with van der Waals surface area (Å²) in [6, 6.07) is 0. The lowest BCUT2D eigenvalue weighted by atomic mass is 10.6. The molecule has 0 radical (unpaired) electrons. The summed E-state index contributed by atoms with van der Waals surface area (Å²) < 4.78 is 5.23. The SMILES string of the molecule is Cc1coc(Sc2nc(NN)nc(N(C)C)n2)n1. The van der Waals surface area contributed by atoms with E-state index in [9.17, 15) is 0 Å². The normalized spacial score (nSPS) is 10.4. The van der Waals surface area contributed by atoms with E-state index in [1.165, 1.54) is 11.8 Å². The lowest BCUT2D eigenvalue weighted by molar-refractivity contribution is 0.453. The molecule has 0 fully saturated rings. The van der Waals surface area contributed by atoms with Gasteiger partial charge >= 0.3 is 0 Å². The Morgan fingerprint density at radius 3 is 2.61 bits per heavy atom. The molecule has 2 heterocycles. The predicted molar refractivity (Wildman–Crippen MR) is 67.3 cm³/mol. The van der Waals surface area contributed by atoms with Crippen LogP contribution in [0.5, 0.6) is 0 Å². The van der Waals surface area contributed by atoms with Gasteiger partial charge in [0.05, 0.1) is 5.69 Å². The molecule has 18 heavy (non-hydrogen) atoms. The van der Waals surface area contributed by atoms with E-state index in [0.29, 0.717) is 22.3 Å². The van der Waals surface area contributed by atoms with E-state index in [2.05, 4.69) is 25.4 Å². The summed E-state index contributed by atoms with van der Waals surface area (Å²) in [5.41, 5.74) is 3.20. The van der Waals surface area contributed by atoms with Crippen LogP contribution < -0.4 is 16.2 Å². The minimum absolute atomic E-state index is 0.291. The monoisotopic (exact) mass is 267 g/mol. The first-order chi connectivity index (χ1) is 8.58. The molecule has 0 unspecified atom stereocenters. The molecule has 0 spiro atoms. The smallest absolute Gasteiger partial charge is 0.263 e. The van der Waals surface area contributed by atoms with E-state index in [0.717, 1.165) is 5.69 Å². The van der Waals surface area contributed by atoms with Crippen molar-refractivity contribution >= 4 is 23.7 Å². The number of rotatable bonds is 4. The Labute approximate surface area is 108 Å². The fourth-order valence-corrected chi connectivity index (χ4v) is 1.81. The van der Waals surface area contributed by atoms with Crippen molar-refractivity contribution in [2.75, 3.05) is 24.4 Å². The van der Waals surface area contributed by atoms with Gasteiger partial charge in [-0.2, -0.15) is 15.0 Å². The van der Waals surface area contributed by atoms with Crippen LogP contribution >= 0.6 is 11.8 Å². The van der Waals surface area contributed by atoms with Crippen LogP contribution in [0.15, 0.2) is 21.1 Å². The third kappa shape index (κ3) is 2.87. The number of nitrogens with one attached hydrogen (secondary N) is 1. The molecule has 0 aromatic carbocycles. The Morgan fingerprint density at radius 1 is 1.28 bits per heavy atom. The van der Waals surface area contributed by atoms with Gasteiger partial charge in [0.2, 0.25) is 17.1 Å². The lowest BCUT2D eigenvalue weighted by Gasteiger charge is -2.11. The summed E-state index contributed by atoms with van der Waals surface area (Å²) in [6.07, 6.45) is 1.57. The Bertz CT molecular complexity index is 541. The molecule has 0 saturated heterocycles. The summed E-state index contributed by atoms with van der Waals surface area (Å²) in [5, 5.41) is 0.940. The molecular weight excluding hydrogens is 254 g/mol. The molecule has 9 heteroatoms. The van der Waals surface area contributed by atoms with Crippen LogP contribution in [0.3, 0.4) is 0 Å². The number of nitrogen functional groups attached to an aromatic ring is 1. The Balaban J connectivity index is 2.29. The zero-order valence-corrected chi connectivity index (χ0v) is 11.0. The second-order valence-electron chi connectivity index (χ2n) is 3.64. The molecule has 2 rings (SSSR count). The average Bonchev–Trinajstić information content (AvgIpc) is 2.74. The van der Waals surface area contributed by atoms with Gasteiger partial charge in [0, 0.05) is 25.9 Å². The molecule has 0 aliphatic rings. The standard InChI is InChI=1S/C9H13N7OS/c1-5-4-17-9(11-5)18-8-13-6(15-10)12-7(14-8)16(2)3/h4H,10H2,1-3H3,(H,12,13,14,15). The average molecular weight is 267 g/mol. The maximum atomic E-state index is 5.32. The van der Waals surface area contributed by atoms with Crippen molar-refractivity contribution in [1.29, 1.82) is 0 Å². The van der Waals surface area contributed by atoms with Crippen LogP contribution in [0.4, 0.5) is 11.9 Å². The van der Waals surface area contributed by atoms with Crippen molar-refractivity contribution in [3.63, 3.8) is 0 Å². The molecule has 3 N–H and O–H groups in total. The number of nitrogens with zero attached hydrogens (tertiary/aromatic N) is 5. The van der Waals surface area contributed by atoms with Gasteiger partial charge in [-0.1, -0.05) is 0 Å². The fourth-order valence-electron chi connectivity index (χ4n) is 1.11. The Morgan fingerprint density at radius 2 is 2.06 bits per heavy atom. The zero-order chi connectivity index (χ0) is 13.1. The number of oxazole rings is 1. The van der Waals surface area contributed by atoms with Crippen molar-refractivity contribution in [3.8, 4) is 0 Å². The summed E-state index contributed by atoms with van der Waals surface area (Å²) in [5.74, 6) is 6.11. The summed E-state index contributed by atoms with van der Waals surface area (Å²) in [6.45, 7) is 1.85. The van der Waals surface area contributed by atoms with Gasteiger partial charge in [0.15, 0.2) is 0 Å². The van der Waals surface area contributed by atoms with Crippen molar-refractivity contribution in [1.82, 2.24) is 19.9 Å². The Hall–Kier alpha value is -1.87. The highest BCUT2D eigenvalue weighted by molar-refractivity contribution is 7.98. The van der Waals surface area contributed by atoms with Crippen molar-refractivity contribution in [2.24, 2.45) is 5.84 Å². The topological polar surface area (TPSA) is 106 Å². The van der Waals surface area contributed by atoms with E-state index in [1.807, 2.05) is 21.0 Å². The molecule has 96 valence electrons. The molecule has 2 aromatic heterocycles. The number of aromatic nitrogens is 4. The van der Waals surface area contributed by atoms with Crippen LogP contribution in [-0.4, -0.2) is 34.0 Å². The molecule has 8 nitrogen and oxygen atoms in total. The van der Waals surface area contributed by atoms with Crippen LogP contribution in [-0.2, 0) is 0 Å². The third-order valence-electron chi connectivity index (χ3n) is 1.91. The number of hydrogen-bond donors (Lipinski definition) is 2. The van der Waals surface area contributed by atoms with Gasteiger partial charge in [-0.05, 0) is 6.92 Å². The summed E-state index contributed by atoms with van der Waals surface area (Å²) >= 11 is 1.21. The molecule has 0 atom stereocenters. The maximum absolute atomic E-state index is 5.32. The molecular formula is C9H13N7OS. The zero-order valence-electron chi connectivity index (χ0n) is 10.2. The molecule has 0 amide bonds. The maximum Gasteiger partial charge on any atom is 0.263 e. The Kier molecular flexibility index (Phi) is 3.63. The number of hydrogen-bond acceptors (Lipinski definition) is 9. The first kappa shape index (κ1) is 12.6. The van der Waals surface area contributed by atoms with Gasteiger partial charge in [-0.3, -0.25) is 5.43 Å². The van der Waals surface area contributed by atoms with Gasteiger partial charge < -0.3 is 9.32 Å². The fraction of sp³-hybridized carbons (Fsp3) is 0.333. The minimum Gasteiger partial charge on any atom is -0.439 e. The second-order valence-corrected chi connectivity index (χ2v) is 4.56. The molecule has 0 saturated carbocycles. The number of aryl methyl sites for hydroxylation is 1. The van der Waals surface area contributed by atoms with E-state index in [1.54, 1.807) is 11.2 Å². The number of anilines is 2. The largest absolute Gasteiger partial charge is 0.439 e. The highest BCUT2D eigenvalue weighted by atomic mass is 32.2. The van der Waals surface area contributed by atoms with Gasteiger partial charge in [0.1, 0.15) is 6.26 Å². The van der Waals surface area contributed by atoms with Crippen molar-refractivity contribution in [2.45, 2.75) is 17.3 Å². The minimum atomic E-state index is 0.291. The van der Waals surface area contributed by atoms with Gasteiger partial charge in [-0.25, -0.2) is 10.8 Å². The summed E-state index contributed by atoms with van der Waals surface area (Å²) in [7, 11) is 3.67. The second kappa shape index (κ2) is 5.19. The first-order valence-corrected chi connectivity index (χ1v) is 5.90. The van der Waals surface area contributed by atoms with Crippen LogP contribution in [0.25, 0.3) is 0 Å². The van der Waals surface area contributed by atoms with Gasteiger partial charge in [-0.15, -0.1) is 0 Å². The summed E-state index contributed by atoms with van der Waals surface area (Å²) in [4.78, 5) is 18.4. The van der Waals surface area contributed by atoms with Gasteiger partial charge in [0.25, 0.3) is 5.22 Å². The third-order valence-corrected chi connectivity index (χ3v) is 2.64. The van der Waals surface area contributed by atoms with E-state index in [-0.39, 0.29) is 0 Å². The van der Waals surface area contributed by atoms with Crippen molar-refractivity contribution < 1.29 is 4.42 Å². The lowest BCUT2D eigenvalue weighted by Crippen LogP contribution is -2.17. The quantitative estimate of drug-likeness (QED) is 0.610. The van der Waals surface area contributed by atoms with Crippen LogP contribution in [0, 0.1) is 6.92 Å². The number of nitrogens with two attached hydrogens (primary N) is 1. The number of hydrazine groups is 1. The molecule has 2 aromatic rings. The van der Waals surface area contributed by atoms with E-state index >= 15 is 0 Å². The highest BCUT2D eigenvalue weighted by Gasteiger charge is 2.11. The molecule has 0 aliphatic heterocycles. The van der Waals surface area contributed by atoms with Crippen LogP contribution in [0.1, 0.15) is 5.69 Å². The molecule has 0 bridgehead atoms. The highest BCUT2D eigenvalue weighted by Crippen LogP contribution is 2.25. The molecule has 0 aliphatic carbocycles. The van der Waals surface area contributed by atoms with E-state index in [4.69, 9.17) is 10.3 Å². The predicted octanol–water partition coefficient (Wildman–Crippen LogP) is 0.671. The van der Waals surface area contributed by atoms with E-state index < -0.39 is 0 Å².